The maximum Gasteiger partial charge on any atom is 0.320 e. The molecule has 10 nitrogen and oxygen atoms in total. The Morgan fingerprint density at radius 2 is 1.47 bits per heavy atom. The van der Waals surface area contributed by atoms with E-state index in [1.165, 1.54) is 0 Å². The van der Waals surface area contributed by atoms with Crippen LogP contribution in [0.1, 0.15) is 27.1 Å². The summed E-state index contributed by atoms with van der Waals surface area (Å²) in [4.78, 5) is 47.2. The predicted octanol–water partition coefficient (Wildman–Crippen LogP) is 1.95. The Kier molecular flexibility index (Phi) is 8.40. The molecule has 0 saturated carbocycles. The zero-order chi connectivity index (χ0) is 26.3. The molecule has 0 aliphatic carbocycles. The Hall–Kier alpha value is -3.63. The summed E-state index contributed by atoms with van der Waals surface area (Å²) >= 11 is 0. The monoisotopic (exact) mass is 520 g/mol. The second kappa shape index (κ2) is 12.3. The molecular weight excluding hydrogens is 484 g/mol. The summed E-state index contributed by atoms with van der Waals surface area (Å²) in [5, 5.41) is 6.33. The standard InChI is InChI=1S/C28H36N6O4/c35-26(22-5-2-1-3-6-22)30-24-21-23(27(36)32-13-9-29-10-14-32)7-8-25(24)31-11-4-12-33(16-15-31)28(37)34-17-19-38-20-18-34/h1-3,5-8,21,29H,4,9-20H2,(H,30,35). The first-order valence-corrected chi connectivity index (χ1v) is 13.5. The number of urea groups is 1. The number of ether oxygens (including phenoxy) is 1. The van der Waals surface area contributed by atoms with E-state index >= 15 is 0 Å². The SMILES string of the molecule is O=C(Nc1cc(C(=O)N2CCNCC2)ccc1N1CCCN(C(=O)N2CCOCC2)CC1)c1ccccc1. The van der Waals surface area contributed by atoms with Crippen LogP contribution in [0.5, 0.6) is 0 Å². The van der Waals surface area contributed by atoms with Crippen molar-refractivity contribution < 1.29 is 19.1 Å². The molecule has 3 aliphatic rings. The normalized spacial score (nSPS) is 18.6. The van der Waals surface area contributed by atoms with Gasteiger partial charge in [0, 0.05) is 76.6 Å². The third-order valence-corrected chi connectivity index (χ3v) is 7.32. The van der Waals surface area contributed by atoms with Crippen molar-refractivity contribution in [3.05, 3.63) is 59.7 Å². The highest BCUT2D eigenvalue weighted by Gasteiger charge is 2.27. The molecule has 3 saturated heterocycles. The van der Waals surface area contributed by atoms with Crippen molar-refractivity contribution in [1.82, 2.24) is 20.0 Å². The van der Waals surface area contributed by atoms with Crippen molar-refractivity contribution in [2.75, 3.05) is 88.9 Å². The average molecular weight is 521 g/mol. The summed E-state index contributed by atoms with van der Waals surface area (Å²) in [6, 6.07) is 14.7. The van der Waals surface area contributed by atoms with Crippen molar-refractivity contribution in [2.45, 2.75) is 6.42 Å². The van der Waals surface area contributed by atoms with Gasteiger partial charge in [-0.2, -0.15) is 0 Å². The van der Waals surface area contributed by atoms with E-state index in [1.54, 1.807) is 18.2 Å². The van der Waals surface area contributed by atoms with Crippen LogP contribution in [0.4, 0.5) is 16.2 Å². The lowest BCUT2D eigenvalue weighted by molar-refractivity contribution is 0.0438. The lowest BCUT2D eigenvalue weighted by Crippen LogP contribution is -2.49. The van der Waals surface area contributed by atoms with Crippen LogP contribution in [0.15, 0.2) is 48.5 Å². The van der Waals surface area contributed by atoms with Gasteiger partial charge in [0.2, 0.25) is 0 Å². The number of rotatable bonds is 4. The topological polar surface area (TPSA) is 97.5 Å². The van der Waals surface area contributed by atoms with Crippen LogP contribution in [-0.2, 0) is 4.74 Å². The second-order valence-corrected chi connectivity index (χ2v) is 9.80. The van der Waals surface area contributed by atoms with E-state index in [0.717, 1.165) is 31.7 Å². The van der Waals surface area contributed by atoms with Gasteiger partial charge in [0.15, 0.2) is 0 Å². The van der Waals surface area contributed by atoms with Gasteiger partial charge in [-0.3, -0.25) is 9.59 Å². The maximum atomic E-state index is 13.2. The largest absolute Gasteiger partial charge is 0.378 e. The number of nitrogens with one attached hydrogen (secondary N) is 2. The second-order valence-electron chi connectivity index (χ2n) is 9.80. The van der Waals surface area contributed by atoms with Crippen molar-refractivity contribution >= 4 is 29.2 Å². The molecule has 0 bridgehead atoms. The summed E-state index contributed by atoms with van der Waals surface area (Å²) in [7, 11) is 0. The first-order chi connectivity index (χ1) is 18.6. The van der Waals surface area contributed by atoms with Crippen molar-refractivity contribution in [3.8, 4) is 0 Å². The average Bonchev–Trinajstić information content (AvgIpc) is 3.24. The summed E-state index contributed by atoms with van der Waals surface area (Å²) in [5.41, 5.74) is 2.56. The molecule has 10 heteroatoms. The van der Waals surface area contributed by atoms with E-state index in [2.05, 4.69) is 15.5 Å². The highest BCUT2D eigenvalue weighted by Crippen LogP contribution is 2.30. The number of piperazine rings is 1. The molecule has 2 aromatic rings. The molecule has 0 spiro atoms. The first kappa shape index (κ1) is 26.0. The molecule has 3 aliphatic heterocycles. The quantitative estimate of drug-likeness (QED) is 0.640. The fourth-order valence-corrected chi connectivity index (χ4v) is 5.18. The Morgan fingerprint density at radius 3 is 2.24 bits per heavy atom. The molecule has 2 aromatic carbocycles. The van der Waals surface area contributed by atoms with Crippen LogP contribution in [0.2, 0.25) is 0 Å². The van der Waals surface area contributed by atoms with Gasteiger partial charge in [-0.25, -0.2) is 4.79 Å². The number of benzene rings is 2. The van der Waals surface area contributed by atoms with E-state index < -0.39 is 0 Å². The molecule has 5 rings (SSSR count). The first-order valence-electron chi connectivity index (χ1n) is 13.5. The zero-order valence-corrected chi connectivity index (χ0v) is 21.7. The highest BCUT2D eigenvalue weighted by molar-refractivity contribution is 6.07. The predicted molar refractivity (Wildman–Crippen MR) is 146 cm³/mol. The lowest BCUT2D eigenvalue weighted by atomic mass is 10.1. The van der Waals surface area contributed by atoms with Crippen molar-refractivity contribution in [2.24, 2.45) is 0 Å². The van der Waals surface area contributed by atoms with E-state index in [1.807, 2.05) is 45.0 Å². The maximum absolute atomic E-state index is 13.2. The fraction of sp³-hybridized carbons (Fsp3) is 0.464. The highest BCUT2D eigenvalue weighted by atomic mass is 16.5. The van der Waals surface area contributed by atoms with E-state index in [0.29, 0.717) is 75.8 Å². The van der Waals surface area contributed by atoms with Crippen LogP contribution in [0, 0.1) is 0 Å². The summed E-state index contributed by atoms with van der Waals surface area (Å²) in [6.07, 6.45) is 0.809. The Balaban J connectivity index is 1.36. The molecule has 2 N–H and O–H groups in total. The van der Waals surface area contributed by atoms with E-state index in [-0.39, 0.29) is 17.8 Å². The Labute approximate surface area is 223 Å². The van der Waals surface area contributed by atoms with Crippen LogP contribution < -0.4 is 15.5 Å². The lowest BCUT2D eigenvalue weighted by Gasteiger charge is -2.32. The molecule has 3 heterocycles. The smallest absolute Gasteiger partial charge is 0.320 e. The molecular formula is C28H36N6O4. The molecule has 0 radical (unpaired) electrons. The molecule has 0 aromatic heterocycles. The number of hydrogen-bond acceptors (Lipinski definition) is 6. The summed E-state index contributed by atoms with van der Waals surface area (Å²) in [6.45, 7) is 7.91. The fourth-order valence-electron chi connectivity index (χ4n) is 5.18. The Morgan fingerprint density at radius 1 is 0.737 bits per heavy atom. The molecule has 202 valence electrons. The van der Waals surface area contributed by atoms with Gasteiger partial charge in [0.1, 0.15) is 0 Å². The molecule has 0 unspecified atom stereocenters. The summed E-state index contributed by atoms with van der Waals surface area (Å²) in [5.74, 6) is -0.260. The summed E-state index contributed by atoms with van der Waals surface area (Å²) < 4.78 is 5.39. The molecule has 3 fully saturated rings. The van der Waals surface area contributed by atoms with Gasteiger partial charge in [-0.1, -0.05) is 18.2 Å². The van der Waals surface area contributed by atoms with Crippen molar-refractivity contribution in [1.29, 1.82) is 0 Å². The van der Waals surface area contributed by atoms with Crippen LogP contribution in [0.3, 0.4) is 0 Å². The number of carbonyl (C=O) groups excluding carboxylic acids is 3. The minimum absolute atomic E-state index is 0.0357. The van der Waals surface area contributed by atoms with Gasteiger partial charge < -0.3 is 35.0 Å². The molecule has 38 heavy (non-hydrogen) atoms. The number of carbonyl (C=O) groups is 3. The third-order valence-electron chi connectivity index (χ3n) is 7.32. The van der Waals surface area contributed by atoms with Crippen molar-refractivity contribution in [3.63, 3.8) is 0 Å². The minimum atomic E-state index is -0.224. The van der Waals surface area contributed by atoms with Gasteiger partial charge in [-0.05, 0) is 36.8 Å². The van der Waals surface area contributed by atoms with Gasteiger partial charge >= 0.3 is 6.03 Å². The van der Waals surface area contributed by atoms with Crippen LogP contribution in [0.25, 0.3) is 0 Å². The van der Waals surface area contributed by atoms with Crippen LogP contribution in [-0.4, -0.2) is 111 Å². The number of nitrogens with zero attached hydrogens (tertiary/aromatic N) is 4. The van der Waals surface area contributed by atoms with E-state index in [9.17, 15) is 14.4 Å². The van der Waals surface area contributed by atoms with E-state index in [4.69, 9.17) is 4.74 Å². The minimum Gasteiger partial charge on any atom is -0.378 e. The van der Waals surface area contributed by atoms with Crippen LogP contribution >= 0.6 is 0 Å². The number of hydrogen-bond donors (Lipinski definition) is 2. The third kappa shape index (κ3) is 6.08. The zero-order valence-electron chi connectivity index (χ0n) is 21.7. The molecule has 0 atom stereocenters. The number of morpholine rings is 1. The number of amides is 4. The number of anilines is 2. The molecule has 4 amide bonds. The van der Waals surface area contributed by atoms with Gasteiger partial charge in [-0.15, -0.1) is 0 Å². The van der Waals surface area contributed by atoms with Gasteiger partial charge in [0.25, 0.3) is 11.8 Å². The Bertz CT molecular complexity index is 1130. The van der Waals surface area contributed by atoms with Gasteiger partial charge in [0.05, 0.1) is 24.6 Å².